The summed E-state index contributed by atoms with van der Waals surface area (Å²) in [7, 11) is -0.342. The lowest BCUT2D eigenvalue weighted by Gasteiger charge is -2.41. The molecule has 6 heterocycles. The Bertz CT molecular complexity index is 3750. The van der Waals surface area contributed by atoms with Gasteiger partial charge in [0.1, 0.15) is 24.1 Å². The van der Waals surface area contributed by atoms with Gasteiger partial charge in [-0.3, -0.25) is 14.5 Å². The standard InChI is InChI=1S/C68H71N7O5Si/c1-45-63(38-51(40-69)70(45)5)75(50-26-28-53(29-27-50)80-81(6,7)68(2,3)4)66(77)60-39-64(73-33-18-15-25-62(60)73)58-36-47-30-34-72(67(78)79-44-61-56-23-13-11-21-54(56)55-22-12-14-24-57(55)61)41-49(47)37-59(58)65(76)74-42-48-20-10-9-19-46(48)35-52(74)43-71-31-16-8-17-32-71/h9-15,18-29,33,36-39,52,61H,8,16-17,30-32,34-35,41-44H2,1-7H3/t52-/m0/s1. The molecule has 12 nitrogen and oxygen atoms in total. The average molecular weight is 1090 g/mol. The van der Waals surface area contributed by atoms with Crippen molar-refractivity contribution >= 4 is 43.1 Å². The molecule has 1 aliphatic carbocycles. The van der Waals surface area contributed by atoms with Crippen LogP contribution in [0.25, 0.3) is 27.9 Å². The van der Waals surface area contributed by atoms with Crippen molar-refractivity contribution in [2.75, 3.05) is 37.7 Å². The summed E-state index contributed by atoms with van der Waals surface area (Å²) in [5.41, 5.74) is 14.4. The van der Waals surface area contributed by atoms with Gasteiger partial charge in [-0.15, -0.1) is 0 Å². The van der Waals surface area contributed by atoms with E-state index in [9.17, 15) is 10.1 Å². The maximum Gasteiger partial charge on any atom is 0.410 e. The normalized spacial score (nSPS) is 16.3. The quantitative estimate of drug-likeness (QED) is 0.118. The van der Waals surface area contributed by atoms with Crippen LogP contribution in [0.3, 0.4) is 0 Å². The smallest absolute Gasteiger partial charge is 0.410 e. The number of pyridine rings is 1. The van der Waals surface area contributed by atoms with E-state index in [2.05, 4.69) is 116 Å². The van der Waals surface area contributed by atoms with E-state index in [0.29, 0.717) is 64.5 Å². The number of fused-ring (bicyclic) bond motifs is 6. The minimum absolute atomic E-state index is 0.0150. The van der Waals surface area contributed by atoms with E-state index < -0.39 is 8.32 Å². The fourth-order valence-corrected chi connectivity index (χ4v) is 13.6. The highest BCUT2D eigenvalue weighted by molar-refractivity contribution is 6.74. The third-order valence-corrected chi connectivity index (χ3v) is 22.6. The number of carbonyl (C=O) groups excluding carboxylic acids is 3. The lowest BCUT2D eigenvalue weighted by Crippen LogP contribution is -2.51. The molecule has 1 atom stereocenters. The van der Waals surface area contributed by atoms with Crippen molar-refractivity contribution in [3.8, 4) is 34.2 Å². The van der Waals surface area contributed by atoms with Gasteiger partial charge in [-0.25, -0.2) is 4.79 Å². The van der Waals surface area contributed by atoms with Crippen molar-refractivity contribution in [2.24, 2.45) is 7.05 Å². The van der Waals surface area contributed by atoms with Crippen LogP contribution in [0.4, 0.5) is 16.2 Å². The maximum absolute atomic E-state index is 16.1. The molecule has 4 aliphatic rings. The summed E-state index contributed by atoms with van der Waals surface area (Å²) in [4.78, 5) is 54.4. The molecule has 81 heavy (non-hydrogen) atoms. The van der Waals surface area contributed by atoms with Gasteiger partial charge in [0.15, 0.2) is 0 Å². The number of hydrogen-bond acceptors (Lipinski definition) is 7. The highest BCUT2D eigenvalue weighted by Gasteiger charge is 2.40. The Kier molecular flexibility index (Phi) is 14.1. The van der Waals surface area contributed by atoms with Crippen LogP contribution in [-0.4, -0.2) is 88.7 Å². The number of benzene rings is 5. The molecule has 0 spiro atoms. The third kappa shape index (κ3) is 9.92. The zero-order chi connectivity index (χ0) is 56.3. The highest BCUT2D eigenvalue weighted by atomic mass is 28.4. The molecule has 1 saturated heterocycles. The summed E-state index contributed by atoms with van der Waals surface area (Å²) >= 11 is 0. The number of nitrogens with zero attached hydrogens (tertiary/aromatic N) is 7. The summed E-state index contributed by atoms with van der Waals surface area (Å²) in [5.74, 6) is 0.280. The summed E-state index contributed by atoms with van der Waals surface area (Å²) in [6.45, 7) is 17.2. The molecular weight excluding hydrogens is 1020 g/mol. The van der Waals surface area contributed by atoms with E-state index in [4.69, 9.17) is 9.16 Å². The predicted molar refractivity (Wildman–Crippen MR) is 322 cm³/mol. The van der Waals surface area contributed by atoms with Crippen molar-refractivity contribution in [1.29, 1.82) is 5.26 Å². The Hall–Kier alpha value is -8.18. The van der Waals surface area contributed by atoms with E-state index in [0.717, 1.165) is 78.2 Å². The zero-order valence-electron chi connectivity index (χ0n) is 47.7. The molecule has 3 amide bonds. The Morgan fingerprint density at radius 3 is 2.10 bits per heavy atom. The Balaban J connectivity index is 0.941. The fourth-order valence-electron chi connectivity index (χ4n) is 12.6. The first-order chi connectivity index (χ1) is 39.1. The second-order valence-electron chi connectivity index (χ2n) is 24.1. The van der Waals surface area contributed by atoms with Gasteiger partial charge in [-0.1, -0.05) is 106 Å². The molecule has 12 rings (SSSR count). The molecule has 3 aliphatic heterocycles. The maximum atomic E-state index is 16.1. The SMILES string of the molecule is Cc1c(N(C(=O)c2cc(-c3cc4c(cc3C(=O)N3Cc5ccccc5C[C@H]3CN3CCCCC3)CN(C(=O)OCC3c5ccccc5-c5ccccc53)CC4)n3ccccc23)c2ccc(O[Si](C)(C)C(C)(C)C)cc2)cc(C#N)n1C. The molecule has 0 saturated carbocycles. The Labute approximate surface area is 476 Å². The summed E-state index contributed by atoms with van der Waals surface area (Å²) < 4.78 is 16.8. The molecule has 13 heteroatoms. The highest BCUT2D eigenvalue weighted by Crippen LogP contribution is 2.46. The number of amides is 3. The molecule has 412 valence electrons. The molecular formula is C68H71N7O5Si. The zero-order valence-corrected chi connectivity index (χ0v) is 48.7. The third-order valence-electron chi connectivity index (χ3n) is 18.2. The summed E-state index contributed by atoms with van der Waals surface area (Å²) in [6.07, 6.45) is 6.37. The lowest BCUT2D eigenvalue weighted by atomic mass is 9.89. The van der Waals surface area contributed by atoms with Gasteiger partial charge in [0.25, 0.3) is 11.8 Å². The van der Waals surface area contributed by atoms with Crippen LogP contribution in [0.5, 0.6) is 5.75 Å². The number of likely N-dealkylation sites (tertiary alicyclic amines) is 1. The number of hydrogen-bond donors (Lipinski definition) is 0. The number of anilines is 2. The van der Waals surface area contributed by atoms with Gasteiger partial charge in [0, 0.05) is 73.9 Å². The molecule has 5 aromatic carbocycles. The van der Waals surface area contributed by atoms with Crippen molar-refractivity contribution < 1.29 is 23.5 Å². The Morgan fingerprint density at radius 1 is 0.728 bits per heavy atom. The van der Waals surface area contributed by atoms with Crippen LogP contribution in [0.15, 0.2) is 146 Å². The second-order valence-corrected chi connectivity index (χ2v) is 28.9. The summed E-state index contributed by atoms with van der Waals surface area (Å²) in [6, 6.07) is 48.8. The largest absolute Gasteiger partial charge is 0.544 e. The molecule has 8 aromatic rings. The van der Waals surface area contributed by atoms with E-state index in [-0.39, 0.29) is 48.1 Å². The molecule has 1 fully saturated rings. The van der Waals surface area contributed by atoms with Crippen molar-refractivity contribution in [1.82, 2.24) is 23.7 Å². The van der Waals surface area contributed by atoms with E-state index >= 15 is 9.59 Å². The van der Waals surface area contributed by atoms with Crippen molar-refractivity contribution in [3.63, 3.8) is 0 Å². The lowest BCUT2D eigenvalue weighted by molar-refractivity contribution is 0.0566. The number of rotatable bonds is 11. The van der Waals surface area contributed by atoms with Gasteiger partial charge in [0.2, 0.25) is 8.32 Å². The number of nitriles is 1. The first kappa shape index (κ1) is 53.5. The topological polar surface area (TPSA) is 116 Å². The van der Waals surface area contributed by atoms with Crippen LogP contribution in [0.1, 0.15) is 111 Å². The number of carbonyl (C=O) groups is 3. The summed E-state index contributed by atoms with van der Waals surface area (Å²) in [5, 5.41) is 10.2. The van der Waals surface area contributed by atoms with E-state index in [1.54, 1.807) is 15.9 Å². The monoisotopic (exact) mass is 1090 g/mol. The van der Waals surface area contributed by atoms with Gasteiger partial charge >= 0.3 is 6.09 Å². The van der Waals surface area contributed by atoms with Gasteiger partial charge in [-0.2, -0.15) is 5.26 Å². The van der Waals surface area contributed by atoms with Gasteiger partial charge < -0.3 is 32.8 Å². The first-order valence-electron chi connectivity index (χ1n) is 28.7. The minimum atomic E-state index is -2.18. The molecule has 0 bridgehead atoms. The van der Waals surface area contributed by atoms with Crippen molar-refractivity contribution in [2.45, 2.75) is 103 Å². The van der Waals surface area contributed by atoms with E-state index in [1.165, 1.54) is 23.1 Å². The molecule has 3 aromatic heterocycles. The van der Waals surface area contributed by atoms with Crippen LogP contribution in [-0.2, 0) is 37.7 Å². The number of aromatic nitrogens is 2. The van der Waals surface area contributed by atoms with Gasteiger partial charge in [0.05, 0.1) is 22.5 Å². The van der Waals surface area contributed by atoms with Crippen LogP contribution in [0, 0.1) is 18.3 Å². The second kappa shape index (κ2) is 21.4. The predicted octanol–water partition coefficient (Wildman–Crippen LogP) is 13.8. The molecule has 0 unspecified atom stereocenters. The number of piperidine rings is 1. The van der Waals surface area contributed by atoms with Crippen LogP contribution < -0.4 is 9.33 Å². The van der Waals surface area contributed by atoms with Crippen molar-refractivity contribution in [3.05, 3.63) is 202 Å². The van der Waals surface area contributed by atoms with E-state index in [1.807, 2.05) is 95.9 Å². The first-order valence-corrected chi connectivity index (χ1v) is 31.6. The number of ether oxygens (including phenoxy) is 1. The average Bonchev–Trinajstić information content (AvgIpc) is 4.18. The Morgan fingerprint density at radius 2 is 1.41 bits per heavy atom. The van der Waals surface area contributed by atoms with Gasteiger partial charge in [-0.05, 0) is 169 Å². The molecule has 0 N–H and O–H groups in total. The molecule has 0 radical (unpaired) electrons. The minimum Gasteiger partial charge on any atom is -0.544 e. The van der Waals surface area contributed by atoms with Crippen LogP contribution >= 0.6 is 0 Å². The van der Waals surface area contributed by atoms with Crippen LogP contribution in [0.2, 0.25) is 18.1 Å². The fraction of sp³-hybridized carbons (Fsp3) is 0.324.